The number of fused-ring (bicyclic) bond motifs is 1. The van der Waals surface area contributed by atoms with E-state index in [-0.39, 0.29) is 23.5 Å². The van der Waals surface area contributed by atoms with Crippen molar-refractivity contribution in [2.75, 3.05) is 37.8 Å². The highest BCUT2D eigenvalue weighted by Gasteiger charge is 2.57. The SMILES string of the molecule is CC1=CC2(OCCCC3CCN(c4nc(C(C)C)no4)CC3)CC2C(C)=C1C(=O)NC1COC1. The summed E-state index contributed by atoms with van der Waals surface area (Å²) in [7, 11) is 0. The van der Waals surface area contributed by atoms with E-state index >= 15 is 0 Å². The number of hydrogen-bond donors (Lipinski definition) is 1. The molecule has 186 valence electrons. The smallest absolute Gasteiger partial charge is 0.324 e. The fraction of sp³-hybridized carbons (Fsp3) is 0.731. The molecule has 3 fully saturated rings. The van der Waals surface area contributed by atoms with Crippen molar-refractivity contribution < 1.29 is 18.8 Å². The molecule has 5 rings (SSSR count). The van der Waals surface area contributed by atoms with Crippen LogP contribution < -0.4 is 10.2 Å². The Labute approximate surface area is 202 Å². The normalized spacial score (nSPS) is 27.5. The number of carbonyl (C=O) groups excluding carboxylic acids is 1. The Hall–Kier alpha value is -2.19. The lowest BCUT2D eigenvalue weighted by molar-refractivity contribution is -0.121. The van der Waals surface area contributed by atoms with Gasteiger partial charge in [-0.3, -0.25) is 4.79 Å². The Morgan fingerprint density at radius 2 is 2.06 bits per heavy atom. The summed E-state index contributed by atoms with van der Waals surface area (Å²) in [4.78, 5) is 19.5. The third-order valence-corrected chi connectivity index (χ3v) is 7.89. The van der Waals surface area contributed by atoms with Crippen molar-refractivity contribution in [1.82, 2.24) is 15.5 Å². The first-order valence-corrected chi connectivity index (χ1v) is 12.9. The number of anilines is 1. The minimum Gasteiger partial charge on any atom is -0.377 e. The molecule has 0 spiro atoms. The first-order chi connectivity index (χ1) is 16.4. The second-order valence-electron chi connectivity index (χ2n) is 10.8. The molecule has 2 atom stereocenters. The van der Waals surface area contributed by atoms with Crippen LogP contribution in [0.3, 0.4) is 0 Å². The van der Waals surface area contributed by atoms with E-state index in [1.165, 1.54) is 12.0 Å². The molecule has 1 N–H and O–H groups in total. The Bertz CT molecular complexity index is 971. The molecule has 34 heavy (non-hydrogen) atoms. The number of aromatic nitrogens is 2. The predicted molar refractivity (Wildman–Crippen MR) is 129 cm³/mol. The van der Waals surface area contributed by atoms with E-state index < -0.39 is 0 Å². The third-order valence-electron chi connectivity index (χ3n) is 7.89. The van der Waals surface area contributed by atoms with E-state index in [0.717, 1.165) is 68.3 Å². The molecule has 1 saturated carbocycles. The average molecular weight is 471 g/mol. The first-order valence-electron chi connectivity index (χ1n) is 12.9. The summed E-state index contributed by atoms with van der Waals surface area (Å²) in [6, 6.07) is 0.820. The van der Waals surface area contributed by atoms with Crippen LogP contribution in [0.4, 0.5) is 6.01 Å². The van der Waals surface area contributed by atoms with Crippen LogP contribution in [0.15, 0.2) is 27.3 Å². The van der Waals surface area contributed by atoms with Crippen LogP contribution in [0.25, 0.3) is 0 Å². The van der Waals surface area contributed by atoms with Gasteiger partial charge in [-0.2, -0.15) is 4.98 Å². The van der Waals surface area contributed by atoms with Crippen molar-refractivity contribution in [3.05, 3.63) is 28.6 Å². The second-order valence-corrected chi connectivity index (χ2v) is 10.8. The van der Waals surface area contributed by atoms with Crippen molar-refractivity contribution in [3.63, 3.8) is 0 Å². The van der Waals surface area contributed by atoms with Gasteiger partial charge in [-0.1, -0.05) is 24.6 Å². The van der Waals surface area contributed by atoms with Crippen molar-refractivity contribution in [2.45, 2.75) is 77.4 Å². The Balaban J connectivity index is 1.05. The summed E-state index contributed by atoms with van der Waals surface area (Å²) in [5.41, 5.74) is 2.87. The van der Waals surface area contributed by atoms with Gasteiger partial charge in [0.2, 0.25) is 0 Å². The molecule has 1 aromatic heterocycles. The maximum absolute atomic E-state index is 12.7. The quantitative estimate of drug-likeness (QED) is 0.550. The van der Waals surface area contributed by atoms with Crippen LogP contribution in [0.2, 0.25) is 0 Å². The number of rotatable bonds is 9. The fourth-order valence-corrected chi connectivity index (χ4v) is 5.64. The molecule has 2 unspecified atom stereocenters. The Morgan fingerprint density at radius 3 is 2.71 bits per heavy atom. The predicted octanol–water partition coefficient (Wildman–Crippen LogP) is 3.76. The number of hydrogen-bond acceptors (Lipinski definition) is 7. The Morgan fingerprint density at radius 1 is 1.29 bits per heavy atom. The standard InChI is InChI=1S/C26H38N4O4/c1-16(2)23-28-25(34-29-23)30-9-7-19(8-10-30)6-5-11-33-26-12-17(3)22(18(4)21(26)13-26)24(31)27-20-14-32-15-20/h12,16,19-21H,5-11,13-15H2,1-4H3,(H,27,31). The summed E-state index contributed by atoms with van der Waals surface area (Å²) in [6.45, 7) is 12.2. The summed E-state index contributed by atoms with van der Waals surface area (Å²) in [5.74, 6) is 2.16. The third kappa shape index (κ3) is 4.67. The molecule has 0 bridgehead atoms. The molecule has 8 heteroatoms. The summed E-state index contributed by atoms with van der Waals surface area (Å²) >= 11 is 0. The van der Waals surface area contributed by atoms with Crippen LogP contribution >= 0.6 is 0 Å². The van der Waals surface area contributed by atoms with Gasteiger partial charge in [0, 0.05) is 37.1 Å². The van der Waals surface area contributed by atoms with Crippen LogP contribution in [0, 0.1) is 11.8 Å². The molecule has 2 saturated heterocycles. The lowest BCUT2D eigenvalue weighted by atomic mass is 9.90. The highest BCUT2D eigenvalue weighted by molar-refractivity contribution is 5.99. The number of ether oxygens (including phenoxy) is 2. The number of piperidine rings is 1. The average Bonchev–Trinajstić information content (AvgIpc) is 3.27. The largest absolute Gasteiger partial charge is 0.377 e. The number of nitrogens with one attached hydrogen (secondary N) is 1. The minimum absolute atomic E-state index is 0.0346. The molecule has 0 radical (unpaired) electrons. The maximum atomic E-state index is 12.7. The summed E-state index contributed by atoms with van der Waals surface area (Å²) in [6.07, 6.45) is 7.74. The molecule has 1 aromatic rings. The zero-order chi connectivity index (χ0) is 23.9. The molecule has 3 heterocycles. The van der Waals surface area contributed by atoms with Gasteiger partial charge in [0.05, 0.1) is 24.9 Å². The first kappa shape index (κ1) is 23.5. The van der Waals surface area contributed by atoms with Crippen LogP contribution in [0.1, 0.15) is 71.5 Å². The monoisotopic (exact) mass is 470 g/mol. The van der Waals surface area contributed by atoms with E-state index in [1.807, 2.05) is 6.92 Å². The van der Waals surface area contributed by atoms with E-state index in [4.69, 9.17) is 14.0 Å². The zero-order valence-corrected chi connectivity index (χ0v) is 20.9. The van der Waals surface area contributed by atoms with E-state index in [2.05, 4.69) is 47.2 Å². The van der Waals surface area contributed by atoms with E-state index in [0.29, 0.717) is 25.1 Å². The van der Waals surface area contributed by atoms with E-state index in [9.17, 15) is 4.79 Å². The van der Waals surface area contributed by atoms with Gasteiger partial charge in [-0.15, -0.1) is 0 Å². The number of nitrogens with zero attached hydrogens (tertiary/aromatic N) is 3. The van der Waals surface area contributed by atoms with Gasteiger partial charge in [-0.05, 0) is 63.5 Å². The van der Waals surface area contributed by atoms with Gasteiger partial charge in [0.15, 0.2) is 5.82 Å². The maximum Gasteiger partial charge on any atom is 0.324 e. The van der Waals surface area contributed by atoms with Gasteiger partial charge in [0.1, 0.15) is 0 Å². The molecule has 8 nitrogen and oxygen atoms in total. The lowest BCUT2D eigenvalue weighted by Gasteiger charge is -2.31. The number of carbonyl (C=O) groups is 1. The highest BCUT2D eigenvalue weighted by Crippen LogP contribution is 2.57. The molecular formula is C26H38N4O4. The molecule has 4 aliphatic rings. The van der Waals surface area contributed by atoms with Crippen molar-refractivity contribution in [1.29, 1.82) is 0 Å². The molecule has 0 aromatic carbocycles. The molecule has 2 aliphatic carbocycles. The number of amides is 1. The summed E-state index contributed by atoms with van der Waals surface area (Å²) in [5, 5.41) is 7.18. The van der Waals surface area contributed by atoms with Crippen LogP contribution in [0.5, 0.6) is 0 Å². The molecule has 2 aliphatic heterocycles. The molecular weight excluding hydrogens is 432 g/mol. The van der Waals surface area contributed by atoms with Gasteiger partial charge in [-0.25, -0.2) is 0 Å². The second kappa shape index (κ2) is 9.46. The highest BCUT2D eigenvalue weighted by atomic mass is 16.5. The van der Waals surface area contributed by atoms with Gasteiger partial charge < -0.3 is 24.2 Å². The fourth-order valence-electron chi connectivity index (χ4n) is 5.64. The van der Waals surface area contributed by atoms with Crippen molar-refractivity contribution >= 4 is 11.9 Å². The molecule has 1 amide bonds. The van der Waals surface area contributed by atoms with Gasteiger partial charge >= 0.3 is 6.01 Å². The topological polar surface area (TPSA) is 89.7 Å². The summed E-state index contributed by atoms with van der Waals surface area (Å²) < 4.78 is 17.1. The Kier molecular flexibility index (Phi) is 6.55. The van der Waals surface area contributed by atoms with Crippen LogP contribution in [-0.2, 0) is 14.3 Å². The van der Waals surface area contributed by atoms with Crippen molar-refractivity contribution in [2.24, 2.45) is 11.8 Å². The van der Waals surface area contributed by atoms with Crippen LogP contribution in [-0.4, -0.2) is 60.6 Å². The lowest BCUT2D eigenvalue weighted by Crippen LogP contribution is -2.49. The van der Waals surface area contributed by atoms with Gasteiger partial charge in [0.25, 0.3) is 5.91 Å². The van der Waals surface area contributed by atoms with Crippen molar-refractivity contribution in [3.8, 4) is 0 Å². The van der Waals surface area contributed by atoms with E-state index in [1.54, 1.807) is 0 Å². The minimum atomic E-state index is -0.188. The zero-order valence-electron chi connectivity index (χ0n) is 20.9.